The highest BCUT2D eigenvalue weighted by Gasteiger charge is 2.15. The Labute approximate surface area is 96.5 Å². The highest BCUT2D eigenvalue weighted by Crippen LogP contribution is 2.19. The summed E-state index contributed by atoms with van der Waals surface area (Å²) in [4.78, 5) is 0.649. The lowest BCUT2D eigenvalue weighted by molar-refractivity contribution is 0.268. The Hall–Kier alpha value is -0.450. The zero-order valence-electron chi connectivity index (χ0n) is 9.23. The molecule has 0 aliphatic rings. The highest BCUT2D eigenvalue weighted by atomic mass is 32.8. The van der Waals surface area contributed by atoms with Crippen molar-refractivity contribution in [2.75, 3.05) is 0 Å². The monoisotopic (exact) mass is 244 g/mol. The van der Waals surface area contributed by atoms with Gasteiger partial charge in [-0.3, -0.25) is 4.18 Å². The van der Waals surface area contributed by atoms with E-state index in [2.05, 4.69) is 0 Å². The molecule has 0 bridgehead atoms. The molecule has 1 rings (SSSR count). The summed E-state index contributed by atoms with van der Waals surface area (Å²) < 4.78 is 17.5. The Kier molecular flexibility index (Phi) is 4.25. The molecule has 0 radical (unpaired) electrons. The quantitative estimate of drug-likeness (QED) is 0.814. The van der Waals surface area contributed by atoms with Crippen molar-refractivity contribution in [3.05, 3.63) is 29.8 Å². The standard InChI is InChI=1S/C11H16O2S2/c1-4-10-7-5-6-8-11(10)15(12,14)13-9(2)3/h5-9H,4H2,1-3H3. The SMILES string of the molecule is CCc1ccccc1S(=O)(=S)OC(C)C. The van der Waals surface area contributed by atoms with Gasteiger partial charge in [0, 0.05) is 11.2 Å². The fraction of sp³-hybridized carbons (Fsp3) is 0.455. The van der Waals surface area contributed by atoms with Gasteiger partial charge in [-0.25, -0.2) is 4.21 Å². The smallest absolute Gasteiger partial charge is 0.174 e. The molecule has 1 unspecified atom stereocenters. The predicted molar refractivity (Wildman–Crippen MR) is 65.8 cm³/mol. The van der Waals surface area contributed by atoms with Gasteiger partial charge in [0.1, 0.15) is 0 Å². The van der Waals surface area contributed by atoms with Crippen LogP contribution in [0.4, 0.5) is 0 Å². The minimum absolute atomic E-state index is 0.125. The van der Waals surface area contributed by atoms with Gasteiger partial charge in [0.2, 0.25) is 0 Å². The van der Waals surface area contributed by atoms with Crippen molar-refractivity contribution in [2.24, 2.45) is 0 Å². The first-order chi connectivity index (χ1) is 6.97. The minimum Gasteiger partial charge on any atom is -0.284 e. The second-order valence-electron chi connectivity index (χ2n) is 3.56. The van der Waals surface area contributed by atoms with E-state index in [4.69, 9.17) is 15.4 Å². The van der Waals surface area contributed by atoms with Gasteiger partial charge in [-0.1, -0.05) is 25.1 Å². The summed E-state index contributed by atoms with van der Waals surface area (Å²) in [7, 11) is -2.77. The molecule has 1 aromatic rings. The van der Waals surface area contributed by atoms with Crippen LogP contribution in [0.2, 0.25) is 0 Å². The lowest BCUT2D eigenvalue weighted by Gasteiger charge is -2.13. The predicted octanol–water partition coefficient (Wildman–Crippen LogP) is 2.69. The van der Waals surface area contributed by atoms with E-state index in [9.17, 15) is 4.21 Å². The molecule has 1 aromatic carbocycles. The Morgan fingerprint density at radius 2 is 2.00 bits per heavy atom. The van der Waals surface area contributed by atoms with E-state index >= 15 is 0 Å². The Balaban J connectivity index is 3.15. The summed E-state index contributed by atoms with van der Waals surface area (Å²) in [6.07, 6.45) is 0.686. The van der Waals surface area contributed by atoms with E-state index in [1.807, 2.05) is 39.0 Å². The lowest BCUT2D eigenvalue weighted by atomic mass is 10.2. The molecule has 0 fully saturated rings. The van der Waals surface area contributed by atoms with E-state index < -0.39 is 8.77 Å². The van der Waals surface area contributed by atoms with Crippen LogP contribution >= 0.6 is 0 Å². The topological polar surface area (TPSA) is 26.3 Å². The van der Waals surface area contributed by atoms with Crippen molar-refractivity contribution in [3.8, 4) is 0 Å². The fourth-order valence-corrected chi connectivity index (χ4v) is 3.69. The summed E-state index contributed by atoms with van der Waals surface area (Å²) >= 11 is 5.05. The Bertz CT molecular complexity index is 422. The highest BCUT2D eigenvalue weighted by molar-refractivity contribution is 8.30. The first kappa shape index (κ1) is 12.6. The van der Waals surface area contributed by atoms with Crippen LogP contribution in [0.25, 0.3) is 0 Å². The molecular weight excluding hydrogens is 228 g/mol. The normalized spacial score (nSPS) is 15.2. The Morgan fingerprint density at radius 3 is 2.53 bits per heavy atom. The van der Waals surface area contributed by atoms with Crippen LogP contribution in [0.1, 0.15) is 26.3 Å². The molecule has 0 N–H and O–H groups in total. The van der Waals surface area contributed by atoms with Crippen LogP contribution in [-0.4, -0.2) is 10.3 Å². The van der Waals surface area contributed by atoms with Gasteiger partial charge >= 0.3 is 0 Å². The minimum atomic E-state index is -2.77. The van der Waals surface area contributed by atoms with Crippen molar-refractivity contribution >= 4 is 20.0 Å². The number of aryl methyl sites for hydroxylation is 1. The molecule has 4 heteroatoms. The van der Waals surface area contributed by atoms with Gasteiger partial charge in [-0.05, 0) is 31.9 Å². The third kappa shape index (κ3) is 3.26. The fourth-order valence-electron chi connectivity index (χ4n) is 1.34. The zero-order valence-corrected chi connectivity index (χ0v) is 10.9. The maximum atomic E-state index is 12.2. The lowest BCUT2D eigenvalue weighted by Crippen LogP contribution is -2.12. The number of hydrogen-bond acceptors (Lipinski definition) is 3. The van der Waals surface area contributed by atoms with E-state index in [-0.39, 0.29) is 6.10 Å². The van der Waals surface area contributed by atoms with Gasteiger partial charge < -0.3 is 0 Å². The number of rotatable bonds is 4. The van der Waals surface area contributed by atoms with Crippen molar-refractivity contribution in [1.82, 2.24) is 0 Å². The molecule has 0 saturated heterocycles. The molecule has 0 spiro atoms. The summed E-state index contributed by atoms with van der Waals surface area (Å²) in [6.45, 7) is 5.68. The molecular formula is C11H16O2S2. The van der Waals surface area contributed by atoms with E-state index in [1.54, 1.807) is 6.07 Å². The first-order valence-corrected chi connectivity index (χ1v) is 7.39. The largest absolute Gasteiger partial charge is 0.284 e. The molecule has 0 saturated carbocycles. The van der Waals surface area contributed by atoms with Gasteiger partial charge in [-0.15, -0.1) is 0 Å². The van der Waals surface area contributed by atoms with Crippen molar-refractivity contribution in [1.29, 1.82) is 0 Å². The summed E-state index contributed by atoms with van der Waals surface area (Å²) in [5.41, 5.74) is 0.998. The molecule has 0 aliphatic heterocycles. The molecule has 2 nitrogen and oxygen atoms in total. The van der Waals surface area contributed by atoms with Crippen LogP contribution in [0.15, 0.2) is 29.2 Å². The molecule has 0 heterocycles. The second kappa shape index (κ2) is 5.05. The summed E-state index contributed by atoms with van der Waals surface area (Å²) in [5.74, 6) is 0. The van der Waals surface area contributed by atoms with Crippen molar-refractivity contribution in [2.45, 2.75) is 38.2 Å². The average Bonchev–Trinajstić information content (AvgIpc) is 2.16. The molecule has 0 aromatic heterocycles. The van der Waals surface area contributed by atoms with Crippen molar-refractivity contribution < 1.29 is 8.39 Å². The third-order valence-corrected chi connectivity index (χ3v) is 4.29. The maximum absolute atomic E-state index is 12.2. The van der Waals surface area contributed by atoms with Crippen LogP contribution in [0.5, 0.6) is 0 Å². The van der Waals surface area contributed by atoms with Gasteiger partial charge in [0.15, 0.2) is 8.77 Å². The van der Waals surface area contributed by atoms with E-state index in [0.717, 1.165) is 12.0 Å². The molecule has 15 heavy (non-hydrogen) atoms. The number of hydrogen-bond donors (Lipinski definition) is 0. The molecule has 1 atom stereocenters. The van der Waals surface area contributed by atoms with Gasteiger partial charge in [0.25, 0.3) is 0 Å². The van der Waals surface area contributed by atoms with Gasteiger partial charge in [0.05, 0.1) is 11.0 Å². The summed E-state index contributed by atoms with van der Waals surface area (Å²) in [5, 5.41) is 0. The molecule has 0 amide bonds. The average molecular weight is 244 g/mol. The van der Waals surface area contributed by atoms with Crippen LogP contribution in [0.3, 0.4) is 0 Å². The van der Waals surface area contributed by atoms with Crippen molar-refractivity contribution in [3.63, 3.8) is 0 Å². The van der Waals surface area contributed by atoms with E-state index in [0.29, 0.717) is 4.90 Å². The van der Waals surface area contributed by atoms with E-state index in [1.165, 1.54) is 0 Å². The van der Waals surface area contributed by atoms with Crippen LogP contribution < -0.4 is 0 Å². The second-order valence-corrected chi connectivity index (χ2v) is 6.42. The number of benzene rings is 1. The molecule has 84 valence electrons. The molecule has 0 aliphatic carbocycles. The van der Waals surface area contributed by atoms with Gasteiger partial charge in [-0.2, -0.15) is 0 Å². The zero-order chi connectivity index (χ0) is 11.5. The third-order valence-electron chi connectivity index (χ3n) is 1.94. The van der Waals surface area contributed by atoms with Crippen LogP contribution in [0, 0.1) is 0 Å². The summed E-state index contributed by atoms with van der Waals surface area (Å²) in [6, 6.07) is 7.48. The first-order valence-electron chi connectivity index (χ1n) is 4.98. The van der Waals surface area contributed by atoms with Crippen LogP contribution in [-0.2, 0) is 30.6 Å². The maximum Gasteiger partial charge on any atom is 0.174 e. The Morgan fingerprint density at radius 1 is 1.40 bits per heavy atom.